The monoisotopic (exact) mass is 490 g/mol. The molecular formula is C24H19FN6O5. The average Bonchev–Trinajstić information content (AvgIpc) is 3.49. The molecule has 0 unspecified atom stereocenters. The second kappa shape index (κ2) is 9.33. The van der Waals surface area contributed by atoms with E-state index in [4.69, 9.17) is 14.0 Å². The highest BCUT2D eigenvalue weighted by Crippen LogP contribution is 2.29. The number of ether oxygens (including phenoxy) is 2. The molecule has 36 heavy (non-hydrogen) atoms. The van der Waals surface area contributed by atoms with Crippen LogP contribution in [0.2, 0.25) is 0 Å². The molecule has 0 aliphatic rings. The van der Waals surface area contributed by atoms with Crippen molar-refractivity contribution in [3.63, 3.8) is 0 Å². The summed E-state index contributed by atoms with van der Waals surface area (Å²) < 4.78 is 31.7. The molecule has 0 aliphatic heterocycles. The fourth-order valence-electron chi connectivity index (χ4n) is 3.61. The van der Waals surface area contributed by atoms with Crippen LogP contribution in [0.25, 0.3) is 28.5 Å². The molecule has 12 heteroatoms. The molecule has 0 saturated carbocycles. The lowest BCUT2D eigenvalue weighted by Gasteiger charge is -2.11. The van der Waals surface area contributed by atoms with Crippen molar-refractivity contribution >= 4 is 17.2 Å². The van der Waals surface area contributed by atoms with Gasteiger partial charge in [-0.3, -0.25) is 4.79 Å². The van der Waals surface area contributed by atoms with E-state index in [0.29, 0.717) is 28.3 Å². The highest BCUT2D eigenvalue weighted by molar-refractivity contribution is 5.92. The van der Waals surface area contributed by atoms with Gasteiger partial charge in [0.1, 0.15) is 23.9 Å². The zero-order chi connectivity index (χ0) is 25.2. The van der Waals surface area contributed by atoms with E-state index < -0.39 is 17.4 Å². The first-order valence-electron chi connectivity index (χ1n) is 10.7. The number of aromatic nitrogens is 5. The molecule has 0 spiro atoms. The van der Waals surface area contributed by atoms with Crippen molar-refractivity contribution < 1.29 is 23.2 Å². The molecule has 0 aliphatic carbocycles. The van der Waals surface area contributed by atoms with Crippen molar-refractivity contribution in [2.75, 3.05) is 19.5 Å². The van der Waals surface area contributed by atoms with E-state index in [9.17, 15) is 14.0 Å². The van der Waals surface area contributed by atoms with Crippen LogP contribution in [-0.2, 0) is 11.3 Å². The van der Waals surface area contributed by atoms with Gasteiger partial charge in [0, 0.05) is 17.8 Å². The Morgan fingerprint density at radius 2 is 1.97 bits per heavy atom. The van der Waals surface area contributed by atoms with Crippen LogP contribution in [0.4, 0.5) is 10.1 Å². The third kappa shape index (κ3) is 4.27. The van der Waals surface area contributed by atoms with E-state index in [0.717, 1.165) is 4.68 Å². The number of pyridine rings is 1. The van der Waals surface area contributed by atoms with Gasteiger partial charge in [0.05, 0.1) is 25.5 Å². The summed E-state index contributed by atoms with van der Waals surface area (Å²) in [5.41, 5.74) is 0.906. The lowest BCUT2D eigenvalue weighted by Crippen LogP contribution is -2.28. The number of hydrogen-bond donors (Lipinski definition) is 1. The number of carbonyl (C=O) groups excluding carboxylic acids is 1. The number of methoxy groups -OCH3 is 2. The number of nitrogens with one attached hydrogen (secondary N) is 1. The van der Waals surface area contributed by atoms with Crippen LogP contribution in [0, 0.1) is 5.82 Å². The first kappa shape index (κ1) is 22.8. The zero-order valence-corrected chi connectivity index (χ0v) is 19.1. The number of nitrogens with zero attached hydrogens (tertiary/aromatic N) is 5. The summed E-state index contributed by atoms with van der Waals surface area (Å²) in [6, 6.07) is 14.0. The van der Waals surface area contributed by atoms with Crippen molar-refractivity contribution in [1.82, 2.24) is 24.3 Å². The first-order valence-corrected chi connectivity index (χ1v) is 10.7. The quantitative estimate of drug-likeness (QED) is 0.369. The number of halogens is 1. The molecule has 2 aromatic carbocycles. The molecule has 5 aromatic rings. The van der Waals surface area contributed by atoms with Crippen molar-refractivity contribution in [2.24, 2.45) is 0 Å². The number of anilines is 1. The number of fused-ring (bicyclic) bond motifs is 1. The number of benzene rings is 2. The molecule has 0 bridgehead atoms. The molecule has 182 valence electrons. The summed E-state index contributed by atoms with van der Waals surface area (Å²) in [4.78, 5) is 29.9. The first-order chi connectivity index (χ1) is 17.5. The van der Waals surface area contributed by atoms with E-state index in [1.54, 1.807) is 36.4 Å². The molecule has 11 nitrogen and oxygen atoms in total. The Labute approximate surface area is 202 Å². The van der Waals surface area contributed by atoms with Crippen LogP contribution in [0.15, 0.2) is 70.1 Å². The van der Waals surface area contributed by atoms with Crippen LogP contribution in [0.1, 0.15) is 0 Å². The number of carbonyl (C=O) groups is 1. The van der Waals surface area contributed by atoms with Gasteiger partial charge in [-0.05, 0) is 36.4 Å². The number of amides is 1. The topological polar surface area (TPSA) is 126 Å². The molecule has 1 amide bonds. The predicted octanol–water partition coefficient (Wildman–Crippen LogP) is 3.01. The summed E-state index contributed by atoms with van der Waals surface area (Å²) in [6.45, 7) is -0.354. The van der Waals surface area contributed by atoms with Crippen LogP contribution in [-0.4, -0.2) is 44.4 Å². The molecule has 0 fully saturated rings. The van der Waals surface area contributed by atoms with Crippen LogP contribution >= 0.6 is 0 Å². The lowest BCUT2D eigenvalue weighted by atomic mass is 10.2. The van der Waals surface area contributed by atoms with Crippen LogP contribution in [0.3, 0.4) is 0 Å². The zero-order valence-electron chi connectivity index (χ0n) is 19.1. The third-order valence-corrected chi connectivity index (χ3v) is 5.32. The predicted molar refractivity (Wildman–Crippen MR) is 126 cm³/mol. The molecule has 3 aromatic heterocycles. The Bertz CT molecular complexity index is 1640. The highest BCUT2D eigenvalue weighted by Gasteiger charge is 2.19. The van der Waals surface area contributed by atoms with Gasteiger partial charge in [0.25, 0.3) is 5.89 Å². The summed E-state index contributed by atoms with van der Waals surface area (Å²) >= 11 is 0. The van der Waals surface area contributed by atoms with Gasteiger partial charge < -0.3 is 19.3 Å². The highest BCUT2D eigenvalue weighted by atomic mass is 19.1. The van der Waals surface area contributed by atoms with Gasteiger partial charge >= 0.3 is 5.69 Å². The van der Waals surface area contributed by atoms with E-state index in [1.807, 2.05) is 0 Å². The maximum Gasteiger partial charge on any atom is 0.350 e. The summed E-state index contributed by atoms with van der Waals surface area (Å²) in [6.07, 6.45) is 1.51. The van der Waals surface area contributed by atoms with Crippen molar-refractivity contribution in [1.29, 1.82) is 0 Å². The van der Waals surface area contributed by atoms with Crippen LogP contribution in [0.5, 0.6) is 11.5 Å². The molecule has 0 atom stereocenters. The Balaban J connectivity index is 1.43. The van der Waals surface area contributed by atoms with Crippen molar-refractivity contribution in [2.45, 2.75) is 6.54 Å². The molecule has 0 radical (unpaired) electrons. The maximum absolute atomic E-state index is 13.6. The van der Waals surface area contributed by atoms with E-state index in [-0.39, 0.29) is 23.9 Å². The summed E-state index contributed by atoms with van der Waals surface area (Å²) in [5, 5.41) is 10.9. The smallest absolute Gasteiger partial charge is 0.350 e. The standard InChI is InChI=1S/C24H19FN6O5/c1-34-16-8-9-18(19(12-16)35-2)26-20(32)13-31-24(33)30-10-4-7-17(22(30)28-31)23-27-21(29-36-23)14-5-3-6-15(25)11-14/h3-12H,13H2,1-2H3,(H,26,32). The number of rotatable bonds is 7. The van der Waals surface area contributed by atoms with Crippen molar-refractivity contribution in [3.05, 3.63) is 77.1 Å². The largest absolute Gasteiger partial charge is 0.497 e. The van der Waals surface area contributed by atoms with E-state index in [2.05, 4.69) is 20.6 Å². The van der Waals surface area contributed by atoms with Crippen LogP contribution < -0.4 is 20.5 Å². The molecule has 1 N–H and O–H groups in total. The van der Waals surface area contributed by atoms with E-state index in [1.165, 1.54) is 43.0 Å². The summed E-state index contributed by atoms with van der Waals surface area (Å²) in [5.74, 6) is 0.312. The average molecular weight is 490 g/mol. The minimum Gasteiger partial charge on any atom is -0.497 e. The maximum atomic E-state index is 13.6. The third-order valence-electron chi connectivity index (χ3n) is 5.32. The fraction of sp³-hybridized carbons (Fsp3) is 0.125. The minimum atomic E-state index is -0.534. The van der Waals surface area contributed by atoms with Gasteiger partial charge in [-0.2, -0.15) is 4.98 Å². The second-order valence-electron chi connectivity index (χ2n) is 7.60. The number of hydrogen-bond acceptors (Lipinski definition) is 8. The van der Waals surface area contributed by atoms with Gasteiger partial charge in [-0.25, -0.2) is 18.3 Å². The Kier molecular flexibility index (Phi) is 5.90. The Morgan fingerprint density at radius 1 is 1.11 bits per heavy atom. The molecule has 0 saturated heterocycles. The lowest BCUT2D eigenvalue weighted by molar-refractivity contribution is -0.117. The van der Waals surface area contributed by atoms with Gasteiger partial charge in [-0.1, -0.05) is 17.3 Å². The molecule has 3 heterocycles. The van der Waals surface area contributed by atoms with Gasteiger partial charge in [0.15, 0.2) is 5.65 Å². The van der Waals surface area contributed by atoms with Crippen molar-refractivity contribution in [3.8, 4) is 34.3 Å². The molecule has 5 rings (SSSR count). The fourth-order valence-corrected chi connectivity index (χ4v) is 3.61. The SMILES string of the molecule is COc1ccc(NC(=O)Cn2nc3c(-c4nc(-c5cccc(F)c5)no4)cccn3c2=O)c(OC)c1. The normalized spacial score (nSPS) is 11.0. The Hall–Kier alpha value is -5.00. The summed E-state index contributed by atoms with van der Waals surface area (Å²) in [7, 11) is 2.99. The van der Waals surface area contributed by atoms with Gasteiger partial charge in [-0.15, -0.1) is 5.10 Å². The second-order valence-corrected chi connectivity index (χ2v) is 7.60. The Morgan fingerprint density at radius 3 is 2.75 bits per heavy atom. The van der Waals surface area contributed by atoms with E-state index >= 15 is 0 Å². The minimum absolute atomic E-state index is 0.0874. The van der Waals surface area contributed by atoms with Gasteiger partial charge in [0.2, 0.25) is 11.7 Å². The molecular weight excluding hydrogens is 471 g/mol.